The summed E-state index contributed by atoms with van der Waals surface area (Å²) >= 11 is 0. The zero-order valence-electron chi connectivity index (χ0n) is 58.4. The lowest BCUT2D eigenvalue weighted by Gasteiger charge is -2.32. The van der Waals surface area contributed by atoms with Crippen molar-refractivity contribution < 1.29 is 42.5 Å². The molecule has 0 saturated heterocycles. The van der Waals surface area contributed by atoms with Crippen molar-refractivity contribution in [1.29, 1.82) is 0 Å². The van der Waals surface area contributed by atoms with Gasteiger partial charge in [0.25, 0.3) is 0 Å². The first kappa shape index (κ1) is 12.6. The van der Waals surface area contributed by atoms with Gasteiger partial charge in [0.05, 0.1) is 47.9 Å². The molecule has 8 aromatic carbocycles. The highest BCUT2D eigenvalue weighted by Gasteiger charge is 2.51. The van der Waals surface area contributed by atoms with E-state index in [4.69, 9.17) is 20.6 Å². The molecule has 0 fully saturated rings. The van der Waals surface area contributed by atoms with E-state index < -0.39 is 271 Å². The Morgan fingerprint density at radius 1 is 0.340 bits per heavy atom. The Kier molecular flexibility index (Phi) is 2.62. The van der Waals surface area contributed by atoms with Crippen molar-refractivity contribution in [2.45, 2.75) is 24.7 Å². The van der Waals surface area contributed by atoms with Crippen LogP contribution in [0.4, 0.5) is 17.1 Å². The second kappa shape index (κ2) is 11.0. The molecule has 53 heavy (non-hydrogen) atoms. The van der Waals surface area contributed by atoms with E-state index in [1.54, 1.807) is 0 Å². The standard InChI is InChI=1S/C52H37N/c1-51(2)45-20-10-6-16-39(45)43-30-28-37(32-49(43)51)53(36-26-24-35(25-27-36)34-14-4-3-5-15-34)38-29-31-44-42-19-9-13-23-48(42)52(50(44)33-38)46-21-11-7-17-40(46)41-18-8-12-22-47(41)52/h3-33H,1-2H3/i3D,4D,5D,6D,7D,8D,9D,10D,11D,12D,13D,14D,15D,16D,17D,18D,19D,20D,21D,22D,23D,24D,25D,26D,27D,28D,29D,30D,31D,32D,33D. The van der Waals surface area contributed by atoms with E-state index in [0.29, 0.717) is 4.90 Å². The Bertz CT molecular complexity index is 4390. The van der Waals surface area contributed by atoms with Crippen LogP contribution < -0.4 is 4.90 Å². The Labute approximate surface area is 355 Å². The highest BCUT2D eigenvalue weighted by atomic mass is 15.1. The number of hydrogen-bond acceptors (Lipinski definition) is 1. The quantitative estimate of drug-likeness (QED) is 0.176. The first-order valence-electron chi connectivity index (χ1n) is 31.7. The zero-order valence-corrected chi connectivity index (χ0v) is 27.4. The topological polar surface area (TPSA) is 3.24 Å². The molecule has 0 aromatic heterocycles. The maximum Gasteiger partial charge on any atom is 0.0726 e. The molecule has 0 heterocycles. The van der Waals surface area contributed by atoms with E-state index in [1.807, 2.05) is 0 Å². The van der Waals surface area contributed by atoms with Crippen LogP contribution in [0.1, 0.15) is 89.7 Å². The fourth-order valence-electron chi connectivity index (χ4n) is 7.58. The number of hydrogen-bond donors (Lipinski definition) is 0. The van der Waals surface area contributed by atoms with Gasteiger partial charge in [0.1, 0.15) is 0 Å². The van der Waals surface area contributed by atoms with E-state index in [9.17, 15) is 21.9 Å². The Balaban J connectivity index is 1.41. The molecule has 1 heteroatoms. The predicted molar refractivity (Wildman–Crippen MR) is 220 cm³/mol. The molecule has 0 unspecified atom stereocenters. The number of benzene rings is 8. The Hall–Kier alpha value is -6.44. The number of fused-ring (bicyclic) bond motifs is 13. The van der Waals surface area contributed by atoms with Crippen molar-refractivity contribution in [1.82, 2.24) is 0 Å². The highest BCUT2D eigenvalue weighted by Crippen LogP contribution is 2.63. The summed E-state index contributed by atoms with van der Waals surface area (Å²) < 4.78 is 287. The molecule has 3 aliphatic rings. The van der Waals surface area contributed by atoms with Crippen molar-refractivity contribution >= 4 is 17.1 Å². The molecule has 3 aliphatic carbocycles. The van der Waals surface area contributed by atoms with E-state index in [0.717, 1.165) is 0 Å². The monoisotopic (exact) mass is 706 g/mol. The molecule has 0 amide bonds. The molecule has 1 nitrogen and oxygen atoms in total. The average Bonchev–Trinajstić information content (AvgIpc) is 1.49. The summed E-state index contributed by atoms with van der Waals surface area (Å²) in [6, 6.07) is -30.6. The third kappa shape index (κ3) is 4.08. The first-order valence-corrected chi connectivity index (χ1v) is 16.2. The third-order valence-electron chi connectivity index (χ3n) is 9.88. The van der Waals surface area contributed by atoms with Gasteiger partial charge >= 0.3 is 0 Å². The summed E-state index contributed by atoms with van der Waals surface area (Å²) in [6.07, 6.45) is 0. The number of nitrogens with zero attached hydrogens (tertiary/aromatic N) is 1. The van der Waals surface area contributed by atoms with Gasteiger partial charge in [-0.25, -0.2) is 0 Å². The van der Waals surface area contributed by atoms with Crippen molar-refractivity contribution in [2.24, 2.45) is 0 Å². The van der Waals surface area contributed by atoms with Gasteiger partial charge in [-0.2, -0.15) is 0 Å². The fourth-order valence-corrected chi connectivity index (χ4v) is 7.58. The van der Waals surface area contributed by atoms with E-state index in [1.165, 1.54) is 13.8 Å². The molecule has 0 atom stereocenters. The smallest absolute Gasteiger partial charge is 0.0726 e. The maximum atomic E-state index is 10.7. The molecule has 0 bridgehead atoms. The highest BCUT2D eigenvalue weighted by molar-refractivity contribution is 5.96. The lowest BCUT2D eigenvalue weighted by atomic mass is 9.70. The molecule has 8 aromatic rings. The lowest BCUT2D eigenvalue weighted by molar-refractivity contribution is 0.660. The van der Waals surface area contributed by atoms with Gasteiger partial charge in [-0.1, -0.05) is 165 Å². The van der Waals surface area contributed by atoms with Gasteiger partial charge < -0.3 is 4.90 Å². The summed E-state index contributed by atoms with van der Waals surface area (Å²) in [5.74, 6) is 0. The van der Waals surface area contributed by atoms with Crippen LogP contribution in [0.2, 0.25) is 0 Å². The average molecular weight is 707 g/mol. The minimum Gasteiger partial charge on any atom is -0.310 e. The van der Waals surface area contributed by atoms with Crippen LogP contribution in [0.5, 0.6) is 0 Å². The minimum absolute atomic E-state index is 0.151. The second-order valence-corrected chi connectivity index (χ2v) is 12.9. The van der Waals surface area contributed by atoms with Crippen LogP contribution in [0.3, 0.4) is 0 Å². The van der Waals surface area contributed by atoms with E-state index in [-0.39, 0.29) is 22.3 Å². The number of anilines is 3. The van der Waals surface area contributed by atoms with Gasteiger partial charge in [-0.3, -0.25) is 0 Å². The van der Waals surface area contributed by atoms with Gasteiger partial charge in [-0.15, -0.1) is 0 Å². The Morgan fingerprint density at radius 2 is 0.717 bits per heavy atom. The normalized spacial score (nSPS) is 22.7. The van der Waals surface area contributed by atoms with Crippen LogP contribution in [-0.4, -0.2) is 0 Å². The third-order valence-corrected chi connectivity index (χ3v) is 9.88. The second-order valence-electron chi connectivity index (χ2n) is 12.9. The summed E-state index contributed by atoms with van der Waals surface area (Å²) in [4.78, 5) is 0.454. The minimum atomic E-state index is -2.98. The summed E-state index contributed by atoms with van der Waals surface area (Å²) in [7, 11) is 0. The zero-order chi connectivity index (χ0) is 62.3. The molecule has 0 saturated carbocycles. The molecule has 250 valence electrons. The summed E-state index contributed by atoms with van der Waals surface area (Å²) in [5, 5.41) is 0. The van der Waals surface area contributed by atoms with Gasteiger partial charge in [0.15, 0.2) is 0 Å². The SMILES string of the molecule is [2H]c1c([2H])c([2H])c(-c2c([2H])c([2H])c(N(c3c([2H])c([2H])c4c(c3[2H])C(C)(C)c3c([2H])c([2H])c([2H])c([2H])c3-4)c3c([2H])c([2H])c4c(c3[2H])C3(c5c([2H])c([2H])c([2H])c([2H])c5-c5c([2H])c([2H])c([2H])c([2H])c53)c3c([2H])c([2H])c([2H])c([2H])c3-4)c([2H])c2[2H])c([2H])c1[2H]. The van der Waals surface area contributed by atoms with Gasteiger partial charge in [-0.05, 0) is 114 Å². The fraction of sp³-hybridized carbons (Fsp3) is 0.0769. The van der Waals surface area contributed by atoms with Gasteiger partial charge in [0, 0.05) is 22.5 Å². The molecule has 0 aliphatic heterocycles. The van der Waals surface area contributed by atoms with Gasteiger partial charge in [0.2, 0.25) is 0 Å². The molecular formula is C52H37N. The van der Waals surface area contributed by atoms with E-state index in [2.05, 4.69) is 0 Å². The molecule has 11 rings (SSSR count). The van der Waals surface area contributed by atoms with Crippen LogP contribution in [0.25, 0.3) is 44.5 Å². The summed E-state index contributed by atoms with van der Waals surface area (Å²) in [6.45, 7) is 2.83. The van der Waals surface area contributed by atoms with Crippen molar-refractivity contribution in [2.75, 3.05) is 4.90 Å². The largest absolute Gasteiger partial charge is 0.310 e. The lowest BCUT2D eigenvalue weighted by Crippen LogP contribution is -2.26. The Morgan fingerprint density at radius 3 is 1.26 bits per heavy atom. The first-order chi connectivity index (χ1) is 39.0. The maximum absolute atomic E-state index is 10.7. The van der Waals surface area contributed by atoms with E-state index >= 15 is 0 Å². The molecule has 0 radical (unpaired) electrons. The van der Waals surface area contributed by atoms with Crippen molar-refractivity contribution in [3.8, 4) is 44.5 Å². The summed E-state index contributed by atoms with van der Waals surface area (Å²) in [5.41, 5.74) is -16.6. The van der Waals surface area contributed by atoms with Crippen molar-refractivity contribution in [3.05, 3.63) is 221 Å². The van der Waals surface area contributed by atoms with Crippen LogP contribution in [0, 0.1) is 0 Å². The number of rotatable bonds is 4. The molecular weight excluding hydrogens is 639 g/mol. The van der Waals surface area contributed by atoms with Crippen molar-refractivity contribution in [3.63, 3.8) is 0 Å². The van der Waals surface area contributed by atoms with Crippen LogP contribution in [0.15, 0.2) is 187 Å². The molecule has 1 spiro atoms. The van der Waals surface area contributed by atoms with Crippen LogP contribution in [-0.2, 0) is 10.8 Å². The predicted octanol–water partition coefficient (Wildman–Crippen LogP) is 13.5. The molecule has 0 N–H and O–H groups in total. The van der Waals surface area contributed by atoms with Crippen LogP contribution >= 0.6 is 0 Å².